The third-order valence-corrected chi connectivity index (χ3v) is 4.37. The highest BCUT2D eigenvalue weighted by Gasteiger charge is 2.11. The lowest BCUT2D eigenvalue weighted by Gasteiger charge is -2.11. The predicted molar refractivity (Wildman–Crippen MR) is 122 cm³/mol. The summed E-state index contributed by atoms with van der Waals surface area (Å²) in [5.41, 5.74) is 0. The molecule has 0 heterocycles. The Morgan fingerprint density at radius 1 is 0.900 bits per heavy atom. The molecule has 0 aromatic heterocycles. The summed E-state index contributed by atoms with van der Waals surface area (Å²) in [6, 6.07) is 2.18. The van der Waals surface area contributed by atoms with Crippen LogP contribution in [0, 0.1) is 17.2 Å². The molecule has 0 unspecified atom stereocenters. The Hall–Kier alpha value is -2.16. The van der Waals surface area contributed by atoms with Crippen LogP contribution in [-0.4, -0.2) is 35.5 Å². The van der Waals surface area contributed by atoms with Gasteiger partial charge in [0.15, 0.2) is 0 Å². The second kappa shape index (κ2) is 21.5. The summed E-state index contributed by atoms with van der Waals surface area (Å²) in [6.07, 6.45) is 25.1. The van der Waals surface area contributed by atoms with Gasteiger partial charge in [0.05, 0.1) is 19.3 Å². The maximum absolute atomic E-state index is 11.5. The lowest BCUT2D eigenvalue weighted by atomic mass is 10.1. The number of rotatable bonds is 18. The molecule has 0 fully saturated rings. The fourth-order valence-corrected chi connectivity index (χ4v) is 2.62. The van der Waals surface area contributed by atoms with Crippen molar-refractivity contribution in [3.63, 3.8) is 0 Å². The smallest absolute Gasteiger partial charge is 0.306 e. The van der Waals surface area contributed by atoms with E-state index in [0.29, 0.717) is 18.8 Å². The van der Waals surface area contributed by atoms with Crippen molar-refractivity contribution in [1.29, 1.82) is 5.26 Å². The van der Waals surface area contributed by atoms with Crippen LogP contribution < -0.4 is 0 Å². The zero-order valence-electron chi connectivity index (χ0n) is 18.4. The molecule has 0 amide bonds. The van der Waals surface area contributed by atoms with Gasteiger partial charge in [0, 0.05) is 12.8 Å². The van der Waals surface area contributed by atoms with Crippen LogP contribution in [-0.2, 0) is 9.53 Å². The number of carbonyl (C=O) groups is 1. The van der Waals surface area contributed by atoms with Crippen molar-refractivity contribution < 1.29 is 19.7 Å². The fourth-order valence-electron chi connectivity index (χ4n) is 2.62. The van der Waals surface area contributed by atoms with E-state index in [0.717, 1.165) is 44.9 Å². The van der Waals surface area contributed by atoms with Crippen LogP contribution >= 0.6 is 0 Å². The summed E-state index contributed by atoms with van der Waals surface area (Å²) in [7, 11) is 0. The van der Waals surface area contributed by atoms with Gasteiger partial charge in [0.25, 0.3) is 0 Å². The summed E-state index contributed by atoms with van der Waals surface area (Å²) >= 11 is 0. The third-order valence-electron chi connectivity index (χ3n) is 4.37. The quantitative estimate of drug-likeness (QED) is 0.182. The van der Waals surface area contributed by atoms with Crippen molar-refractivity contribution in [3.8, 4) is 6.07 Å². The lowest BCUT2D eigenvalue weighted by molar-refractivity contribution is -0.153. The van der Waals surface area contributed by atoms with Crippen molar-refractivity contribution in [2.45, 2.75) is 77.2 Å². The second-order valence-corrected chi connectivity index (χ2v) is 7.26. The average molecular weight is 418 g/mol. The molecule has 0 saturated heterocycles. The van der Waals surface area contributed by atoms with Gasteiger partial charge < -0.3 is 14.9 Å². The minimum atomic E-state index is -0.808. The number of allylic oxidation sites excluding steroid dienone is 8. The zero-order valence-corrected chi connectivity index (χ0v) is 18.4. The van der Waals surface area contributed by atoms with Crippen LogP contribution in [0.2, 0.25) is 0 Å². The highest BCUT2D eigenvalue weighted by atomic mass is 16.6. The molecule has 2 N–H and O–H groups in total. The topological polar surface area (TPSA) is 90.6 Å². The normalized spacial score (nSPS) is 13.2. The molecular weight excluding hydrogens is 378 g/mol. The van der Waals surface area contributed by atoms with E-state index in [1.165, 1.54) is 0 Å². The van der Waals surface area contributed by atoms with E-state index in [9.17, 15) is 4.79 Å². The molecule has 0 bridgehead atoms. The minimum Gasteiger partial charge on any atom is -0.457 e. The number of unbranched alkanes of at least 4 members (excludes halogenated alkanes) is 5. The summed E-state index contributed by atoms with van der Waals surface area (Å²) in [5.74, 6) is 0.0528. The molecule has 0 aliphatic carbocycles. The van der Waals surface area contributed by atoms with Crippen molar-refractivity contribution in [1.82, 2.24) is 0 Å². The molecule has 0 rings (SSSR count). The van der Waals surface area contributed by atoms with Gasteiger partial charge in [-0.3, -0.25) is 4.79 Å². The molecule has 0 aliphatic rings. The SMILES string of the molecule is C[C@H](/C=C\C/C=C\C/C=C\CCCC(=O)OC(CO)CO)/C=C\CCCCCC#N. The number of aliphatic hydroxyl groups is 2. The number of hydrogen-bond acceptors (Lipinski definition) is 5. The van der Waals surface area contributed by atoms with E-state index in [2.05, 4.69) is 61.6 Å². The maximum Gasteiger partial charge on any atom is 0.306 e. The summed E-state index contributed by atoms with van der Waals surface area (Å²) in [5, 5.41) is 26.2. The number of carbonyl (C=O) groups excluding carboxylic acids is 1. The molecule has 0 radical (unpaired) electrons. The van der Waals surface area contributed by atoms with Crippen LogP contribution in [0.25, 0.3) is 0 Å². The Bertz CT molecular complexity index is 568. The number of hydrogen-bond donors (Lipinski definition) is 2. The van der Waals surface area contributed by atoms with Gasteiger partial charge in [0.2, 0.25) is 0 Å². The van der Waals surface area contributed by atoms with Crippen LogP contribution in [0.3, 0.4) is 0 Å². The summed E-state index contributed by atoms with van der Waals surface area (Å²) in [4.78, 5) is 11.5. The Balaban J connectivity index is 3.68. The van der Waals surface area contributed by atoms with Crippen LogP contribution in [0.15, 0.2) is 48.6 Å². The third kappa shape index (κ3) is 19.2. The Kier molecular flexibility index (Phi) is 20.0. The molecule has 0 saturated carbocycles. The summed E-state index contributed by atoms with van der Waals surface area (Å²) < 4.78 is 4.90. The van der Waals surface area contributed by atoms with Gasteiger partial charge >= 0.3 is 5.97 Å². The number of ether oxygens (including phenoxy) is 1. The Labute approximate surface area is 182 Å². The molecule has 0 spiro atoms. The summed E-state index contributed by atoms with van der Waals surface area (Å²) in [6.45, 7) is 1.47. The first kappa shape index (κ1) is 27.8. The first-order valence-electron chi connectivity index (χ1n) is 11.1. The van der Waals surface area contributed by atoms with Crippen molar-refractivity contribution in [2.75, 3.05) is 13.2 Å². The van der Waals surface area contributed by atoms with Gasteiger partial charge in [-0.2, -0.15) is 5.26 Å². The van der Waals surface area contributed by atoms with Crippen LogP contribution in [0.4, 0.5) is 0 Å². The van der Waals surface area contributed by atoms with Crippen LogP contribution in [0.1, 0.15) is 71.1 Å². The molecule has 0 aliphatic heterocycles. The molecule has 5 heteroatoms. The minimum absolute atomic E-state index is 0.287. The first-order chi connectivity index (χ1) is 14.6. The van der Waals surface area contributed by atoms with E-state index < -0.39 is 6.10 Å². The van der Waals surface area contributed by atoms with Crippen molar-refractivity contribution >= 4 is 5.97 Å². The van der Waals surface area contributed by atoms with Gasteiger partial charge in [-0.25, -0.2) is 0 Å². The molecule has 5 nitrogen and oxygen atoms in total. The second-order valence-electron chi connectivity index (χ2n) is 7.26. The Morgan fingerprint density at radius 3 is 2.23 bits per heavy atom. The largest absolute Gasteiger partial charge is 0.457 e. The van der Waals surface area contributed by atoms with Gasteiger partial charge in [-0.1, -0.05) is 62.0 Å². The Morgan fingerprint density at radius 2 is 1.53 bits per heavy atom. The monoisotopic (exact) mass is 417 g/mol. The number of aliphatic hydroxyl groups excluding tert-OH is 2. The molecule has 30 heavy (non-hydrogen) atoms. The predicted octanol–water partition coefficient (Wildman–Crippen LogP) is 5.17. The number of nitrogens with zero attached hydrogens (tertiary/aromatic N) is 1. The highest BCUT2D eigenvalue weighted by Crippen LogP contribution is 2.07. The zero-order chi connectivity index (χ0) is 22.3. The van der Waals surface area contributed by atoms with Crippen molar-refractivity contribution in [2.24, 2.45) is 5.92 Å². The molecule has 0 aromatic carbocycles. The van der Waals surface area contributed by atoms with Crippen molar-refractivity contribution in [3.05, 3.63) is 48.6 Å². The van der Waals surface area contributed by atoms with Gasteiger partial charge in [-0.05, 0) is 50.9 Å². The number of esters is 1. The standard InChI is InChI=1S/C25H39NO4/c1-23(18-14-10-7-8-12-16-20-26)17-13-9-5-3-2-4-6-11-15-19-25(29)30-24(21-27)22-28/h3-6,13-14,17-18,23-24,27-28H,2,7-12,15-16,19,21-22H2,1H3/b5-3-,6-4-,17-13-,18-14-/t23-/m1/s1. The lowest BCUT2D eigenvalue weighted by Crippen LogP contribution is -2.25. The fraction of sp³-hybridized carbons (Fsp3) is 0.600. The molecular formula is C25H39NO4. The molecule has 1 atom stereocenters. The average Bonchev–Trinajstić information content (AvgIpc) is 2.75. The number of nitriles is 1. The molecule has 168 valence electrons. The van der Waals surface area contributed by atoms with Crippen LogP contribution in [0.5, 0.6) is 0 Å². The van der Waals surface area contributed by atoms with E-state index in [1.54, 1.807) is 0 Å². The highest BCUT2D eigenvalue weighted by molar-refractivity contribution is 5.69. The van der Waals surface area contributed by atoms with Gasteiger partial charge in [0.1, 0.15) is 6.10 Å². The van der Waals surface area contributed by atoms with E-state index >= 15 is 0 Å². The van der Waals surface area contributed by atoms with E-state index in [4.69, 9.17) is 20.2 Å². The first-order valence-corrected chi connectivity index (χ1v) is 11.1. The van der Waals surface area contributed by atoms with Gasteiger partial charge in [-0.15, -0.1) is 0 Å². The maximum atomic E-state index is 11.5. The molecule has 0 aromatic rings. The van der Waals surface area contributed by atoms with E-state index in [-0.39, 0.29) is 25.6 Å². The van der Waals surface area contributed by atoms with E-state index in [1.807, 2.05) is 0 Å².